The molecule has 15 heteroatoms. The number of carbonyl (C=O) groups is 6. The number of ether oxygens (including phenoxy) is 5. The van der Waals surface area contributed by atoms with Gasteiger partial charge >= 0.3 is 23.9 Å². The summed E-state index contributed by atoms with van der Waals surface area (Å²) in [6, 6.07) is 5.58. The average Bonchev–Trinajstić information content (AvgIpc) is 3.51. The number of H-pyrrole nitrogens is 1. The number of aromatic amines is 1. The summed E-state index contributed by atoms with van der Waals surface area (Å²) in [7, 11) is -2.18. The summed E-state index contributed by atoms with van der Waals surface area (Å²) in [6.07, 6.45) is -1.39. The van der Waals surface area contributed by atoms with Gasteiger partial charge in [-0.25, -0.2) is 0 Å². The highest BCUT2D eigenvalue weighted by atomic mass is 28.4. The quantitative estimate of drug-likeness (QED) is 0.148. The van der Waals surface area contributed by atoms with E-state index in [0.29, 0.717) is 16.7 Å². The third kappa shape index (κ3) is 8.69. The summed E-state index contributed by atoms with van der Waals surface area (Å²) >= 11 is 0. The summed E-state index contributed by atoms with van der Waals surface area (Å²) in [5.74, 6) is -3.41. The zero-order valence-corrected chi connectivity index (χ0v) is 30.7. The van der Waals surface area contributed by atoms with E-state index in [1.54, 1.807) is 12.3 Å². The van der Waals surface area contributed by atoms with E-state index < -0.39 is 74.5 Å². The summed E-state index contributed by atoms with van der Waals surface area (Å²) in [6.45, 7) is 14.9. The average molecular weight is 713 g/mol. The molecular weight excluding hydrogens is 668 g/mol. The van der Waals surface area contributed by atoms with Crippen LogP contribution >= 0.6 is 0 Å². The fourth-order valence-electron chi connectivity index (χ4n) is 5.54. The van der Waals surface area contributed by atoms with Gasteiger partial charge in [0, 0.05) is 50.4 Å². The minimum absolute atomic E-state index is 0.0320. The van der Waals surface area contributed by atoms with Gasteiger partial charge in [-0.05, 0) is 42.8 Å². The number of nitrogens with one attached hydrogen (secondary N) is 2. The van der Waals surface area contributed by atoms with Gasteiger partial charge in [0.1, 0.15) is 24.6 Å². The number of hydrogen-bond acceptors (Lipinski definition) is 12. The summed E-state index contributed by atoms with van der Waals surface area (Å²) in [4.78, 5) is 77.4. The lowest BCUT2D eigenvalue weighted by Gasteiger charge is -2.44. The maximum Gasteiger partial charge on any atom is 0.303 e. The molecule has 0 spiro atoms. The molecule has 1 aromatic carbocycles. The van der Waals surface area contributed by atoms with Crippen molar-refractivity contribution >= 4 is 60.5 Å². The van der Waals surface area contributed by atoms with Crippen LogP contribution in [-0.2, 0) is 52.5 Å². The molecule has 14 nitrogen and oxygen atoms in total. The van der Waals surface area contributed by atoms with Crippen molar-refractivity contribution in [2.75, 3.05) is 6.61 Å². The normalized spacial score (nSPS) is 22.8. The maximum absolute atomic E-state index is 13.2. The van der Waals surface area contributed by atoms with Crippen LogP contribution in [0.5, 0.6) is 5.75 Å². The highest BCUT2D eigenvalue weighted by Gasteiger charge is 2.51. The van der Waals surface area contributed by atoms with Gasteiger partial charge in [-0.3, -0.25) is 34.1 Å². The molecule has 270 valence electrons. The van der Waals surface area contributed by atoms with Crippen LogP contribution in [0.1, 0.15) is 60.5 Å². The smallest absolute Gasteiger partial charge is 0.303 e. The van der Waals surface area contributed by atoms with Crippen molar-refractivity contribution in [1.29, 1.82) is 0 Å². The van der Waals surface area contributed by atoms with Gasteiger partial charge in [-0.1, -0.05) is 32.9 Å². The monoisotopic (exact) mass is 712 g/mol. The Morgan fingerprint density at radius 2 is 1.46 bits per heavy atom. The molecule has 0 saturated carbocycles. The van der Waals surface area contributed by atoms with Crippen molar-refractivity contribution in [3.8, 4) is 5.75 Å². The molecular formula is C35H44N2O12Si. The first kappa shape index (κ1) is 38.0. The third-order valence-corrected chi connectivity index (χ3v) is 13.2. The van der Waals surface area contributed by atoms with Crippen LogP contribution in [0.2, 0.25) is 18.1 Å². The molecule has 2 aliphatic heterocycles. The Bertz CT molecular complexity index is 1750. The standard InChI is InChI=1S/C35H44N2O12Si/c1-18(38)44-17-28-31(46-20(3)40)32(47-21(4)41)30(45-19(2)39)27(48-28)12-10-11-23-29(34(43)37-33(23)42)25-16-36-26-14-13-22(15-24(25)26)49-50(8,9)35(5,6)7/h10-11,13-16,27-28,30-32,36H,12,17H2,1-9H3,(H,37,42,43)/b11-10+/t27-,28+,30-,31+,32+/m0/s1. The van der Waals surface area contributed by atoms with Crippen molar-refractivity contribution in [2.24, 2.45) is 0 Å². The zero-order valence-electron chi connectivity index (χ0n) is 29.7. The largest absolute Gasteiger partial charge is 0.543 e. The van der Waals surface area contributed by atoms with Crippen LogP contribution < -0.4 is 9.74 Å². The Balaban J connectivity index is 1.71. The highest BCUT2D eigenvalue weighted by Crippen LogP contribution is 2.39. The number of aromatic nitrogens is 1. The minimum Gasteiger partial charge on any atom is -0.543 e. The fourth-order valence-corrected chi connectivity index (χ4v) is 6.56. The first-order valence-corrected chi connectivity index (χ1v) is 19.1. The molecule has 2 aliphatic rings. The molecule has 0 bridgehead atoms. The van der Waals surface area contributed by atoms with E-state index in [1.165, 1.54) is 13.0 Å². The predicted octanol–water partition coefficient (Wildman–Crippen LogP) is 4.03. The van der Waals surface area contributed by atoms with Crippen LogP contribution in [-0.4, -0.2) is 86.1 Å². The van der Waals surface area contributed by atoms with Crippen molar-refractivity contribution in [3.63, 3.8) is 0 Å². The van der Waals surface area contributed by atoms with Crippen molar-refractivity contribution < 1.29 is 56.9 Å². The zero-order chi connectivity index (χ0) is 37.1. The van der Waals surface area contributed by atoms with Crippen molar-refractivity contribution in [2.45, 2.75) is 104 Å². The lowest BCUT2D eigenvalue weighted by molar-refractivity contribution is -0.251. The Kier molecular flexibility index (Phi) is 11.4. The van der Waals surface area contributed by atoms with Crippen LogP contribution in [0, 0.1) is 0 Å². The van der Waals surface area contributed by atoms with E-state index in [0.717, 1.165) is 26.3 Å². The number of benzene rings is 1. The second-order valence-electron chi connectivity index (χ2n) is 13.7. The van der Waals surface area contributed by atoms with Crippen LogP contribution in [0.15, 0.2) is 42.1 Å². The number of fused-ring (bicyclic) bond motifs is 1. The number of hydrogen-bond donors (Lipinski definition) is 2. The first-order valence-electron chi connectivity index (χ1n) is 16.2. The topological polar surface area (TPSA) is 186 Å². The highest BCUT2D eigenvalue weighted by molar-refractivity contribution is 6.74. The molecule has 3 heterocycles. The van der Waals surface area contributed by atoms with Crippen molar-refractivity contribution in [3.05, 3.63) is 47.7 Å². The van der Waals surface area contributed by atoms with E-state index in [9.17, 15) is 28.8 Å². The van der Waals surface area contributed by atoms with Gasteiger partial charge in [-0.15, -0.1) is 0 Å². The minimum atomic E-state index is -2.18. The molecule has 4 rings (SSSR count). The lowest BCUT2D eigenvalue weighted by Crippen LogP contribution is -2.62. The molecule has 2 amide bonds. The molecule has 0 unspecified atom stereocenters. The number of esters is 4. The number of rotatable bonds is 11. The molecule has 0 radical (unpaired) electrons. The van der Waals surface area contributed by atoms with E-state index in [2.05, 4.69) is 44.2 Å². The Hall–Kier alpha value is -4.76. The lowest BCUT2D eigenvalue weighted by atomic mass is 9.92. The van der Waals surface area contributed by atoms with E-state index in [4.69, 9.17) is 28.1 Å². The van der Waals surface area contributed by atoms with Gasteiger partial charge in [0.25, 0.3) is 11.8 Å². The number of imide groups is 1. The van der Waals surface area contributed by atoms with Gasteiger partial charge in [0.05, 0.1) is 11.1 Å². The summed E-state index contributed by atoms with van der Waals surface area (Å²) < 4.78 is 34.2. The fraction of sp³-hybridized carbons (Fsp3) is 0.486. The van der Waals surface area contributed by atoms with Crippen molar-refractivity contribution in [1.82, 2.24) is 10.3 Å². The molecule has 0 aliphatic carbocycles. The number of carbonyl (C=O) groups excluding carboxylic acids is 6. The molecule has 50 heavy (non-hydrogen) atoms. The SMILES string of the molecule is CC(=O)OC[C@H]1O[C@@H](C/C=C/C2=C(c3c[nH]c4ccc(O[Si](C)(C)C(C)(C)C)cc34)C(=O)NC2=O)[C@H](OC(C)=O)[C@@H](OC(C)=O)[C@@H]1OC(C)=O. The predicted molar refractivity (Wildman–Crippen MR) is 182 cm³/mol. The molecule has 1 saturated heterocycles. The molecule has 1 fully saturated rings. The number of amides is 2. The van der Waals surface area contributed by atoms with Gasteiger partial charge in [0.2, 0.25) is 8.32 Å². The van der Waals surface area contributed by atoms with E-state index in [1.807, 2.05) is 18.2 Å². The molecule has 5 atom stereocenters. The van der Waals surface area contributed by atoms with Gasteiger partial charge < -0.3 is 33.1 Å². The molecule has 2 N–H and O–H groups in total. The Morgan fingerprint density at radius 3 is 2.04 bits per heavy atom. The molecule has 2 aromatic rings. The Labute approximate surface area is 290 Å². The second kappa shape index (κ2) is 15.0. The summed E-state index contributed by atoms with van der Waals surface area (Å²) in [5, 5.41) is 3.00. The van der Waals surface area contributed by atoms with Crippen LogP contribution in [0.25, 0.3) is 16.5 Å². The Morgan fingerprint density at radius 1 is 0.860 bits per heavy atom. The van der Waals surface area contributed by atoms with Gasteiger partial charge in [0.15, 0.2) is 18.3 Å². The first-order chi connectivity index (χ1) is 23.3. The maximum atomic E-state index is 13.2. The van der Waals surface area contributed by atoms with E-state index >= 15 is 0 Å². The van der Waals surface area contributed by atoms with Crippen LogP contribution in [0.4, 0.5) is 0 Å². The third-order valence-electron chi connectivity index (χ3n) is 8.81. The van der Waals surface area contributed by atoms with Gasteiger partial charge in [-0.2, -0.15) is 0 Å². The van der Waals surface area contributed by atoms with E-state index in [-0.39, 0.29) is 29.2 Å². The second-order valence-corrected chi connectivity index (χ2v) is 18.4. The van der Waals surface area contributed by atoms with Crippen LogP contribution in [0.3, 0.4) is 0 Å². The summed E-state index contributed by atoms with van der Waals surface area (Å²) in [5.41, 5.74) is 1.46. The molecule has 1 aromatic heterocycles.